The summed E-state index contributed by atoms with van der Waals surface area (Å²) in [7, 11) is 0. The molecule has 0 aromatic heterocycles. The normalized spacial score (nSPS) is 9.77. The van der Waals surface area contributed by atoms with Crippen LogP contribution < -0.4 is 5.32 Å². The molecule has 0 bridgehead atoms. The summed E-state index contributed by atoms with van der Waals surface area (Å²) in [4.78, 5) is 10.3. The first-order valence-electron chi connectivity index (χ1n) is 5.08. The maximum atomic E-state index is 10.3. The number of aliphatic hydroxyl groups is 1. The van der Waals surface area contributed by atoms with E-state index in [2.05, 4.69) is 5.32 Å². The number of rotatable bonds is 3. The summed E-state index contributed by atoms with van der Waals surface area (Å²) >= 11 is 0. The van der Waals surface area contributed by atoms with E-state index in [4.69, 9.17) is 5.11 Å². The van der Waals surface area contributed by atoms with Gasteiger partial charge in [-0.25, -0.2) is 0 Å². The molecule has 0 radical (unpaired) electrons. The van der Waals surface area contributed by atoms with Gasteiger partial charge in [-0.15, -0.1) is 0 Å². The van der Waals surface area contributed by atoms with Crippen molar-refractivity contribution >= 4 is 5.91 Å². The summed E-state index contributed by atoms with van der Waals surface area (Å²) in [5.74, 6) is -0.0871. The first kappa shape index (κ1) is 18.3. The van der Waals surface area contributed by atoms with E-state index in [9.17, 15) is 4.79 Å². The van der Waals surface area contributed by atoms with Gasteiger partial charge in [0.2, 0.25) is 5.91 Å². The number of amides is 1. The van der Waals surface area contributed by atoms with Crippen molar-refractivity contribution < 1.29 is 9.90 Å². The van der Waals surface area contributed by atoms with Gasteiger partial charge < -0.3 is 10.4 Å². The zero-order valence-corrected chi connectivity index (χ0v) is 9.85. The minimum absolute atomic E-state index is 0.0239. The van der Waals surface area contributed by atoms with Crippen molar-refractivity contribution in [1.29, 1.82) is 0 Å². The van der Waals surface area contributed by atoms with E-state index < -0.39 is 0 Å². The molecule has 82 valence electrons. The lowest BCUT2D eigenvalue weighted by atomic mass is 10.2. The van der Waals surface area contributed by atoms with Crippen molar-refractivity contribution in [1.82, 2.24) is 5.32 Å². The Morgan fingerprint density at radius 2 is 1.69 bits per heavy atom. The molecule has 0 saturated heterocycles. The van der Waals surface area contributed by atoms with E-state index in [-0.39, 0.29) is 18.6 Å². The Balaban J connectivity index is -0.000000218. The largest absolute Gasteiger partial charge is 0.394 e. The lowest BCUT2D eigenvalue weighted by molar-refractivity contribution is -0.120. The highest BCUT2D eigenvalue weighted by Gasteiger charge is 2.03. The molecule has 0 aromatic rings. The van der Waals surface area contributed by atoms with Crippen LogP contribution in [0.3, 0.4) is 0 Å². The fraction of sp³-hybridized carbons (Fsp3) is 0.900. The van der Waals surface area contributed by atoms with Crippen LogP contribution in [0.15, 0.2) is 0 Å². The van der Waals surface area contributed by atoms with Crippen LogP contribution in [0.25, 0.3) is 0 Å². The van der Waals surface area contributed by atoms with E-state index >= 15 is 0 Å². The van der Waals surface area contributed by atoms with Gasteiger partial charge in [-0.3, -0.25) is 4.79 Å². The molecule has 0 aliphatic rings. The molecule has 13 heavy (non-hydrogen) atoms. The van der Waals surface area contributed by atoms with Crippen LogP contribution >= 0.6 is 0 Å². The van der Waals surface area contributed by atoms with Crippen LogP contribution in [-0.4, -0.2) is 23.7 Å². The van der Waals surface area contributed by atoms with Crippen LogP contribution in [0.2, 0.25) is 0 Å². The number of nitrogens with one attached hydrogen (secondary N) is 1. The molecule has 3 heteroatoms. The second-order valence-electron chi connectivity index (χ2n) is 1.99. The lowest BCUT2D eigenvalue weighted by Crippen LogP contribution is -2.35. The topological polar surface area (TPSA) is 49.3 Å². The summed E-state index contributed by atoms with van der Waals surface area (Å²) in [6.07, 6.45) is 0.774. The predicted molar refractivity (Wildman–Crippen MR) is 57.7 cm³/mol. The molecular formula is C10H25NO2. The standard InChI is InChI=1S/C6H13NO2.2C2H6/c1-3-6(4-8)7-5(2)9;2*1-2/h6,8H,3-4H2,1-2H3,(H,7,9);2*1-2H3. The summed E-state index contributed by atoms with van der Waals surface area (Å²) in [5, 5.41) is 11.2. The SMILES string of the molecule is CC.CC.CCC(CO)NC(C)=O. The fourth-order valence-electron chi connectivity index (χ4n) is 0.564. The van der Waals surface area contributed by atoms with Gasteiger partial charge >= 0.3 is 0 Å². The highest BCUT2D eigenvalue weighted by molar-refractivity contribution is 5.73. The Morgan fingerprint density at radius 3 is 1.77 bits per heavy atom. The lowest BCUT2D eigenvalue weighted by Gasteiger charge is -2.10. The minimum atomic E-state index is -0.0871. The third-order valence-corrected chi connectivity index (χ3v) is 1.12. The second kappa shape index (κ2) is 17.5. The second-order valence-corrected chi connectivity index (χ2v) is 1.99. The zero-order valence-electron chi connectivity index (χ0n) is 9.85. The maximum absolute atomic E-state index is 10.3. The van der Waals surface area contributed by atoms with Crippen molar-refractivity contribution in [2.45, 2.75) is 54.0 Å². The van der Waals surface area contributed by atoms with Gasteiger partial charge in [-0.1, -0.05) is 34.6 Å². The summed E-state index contributed by atoms with van der Waals surface area (Å²) < 4.78 is 0. The molecule has 0 spiro atoms. The van der Waals surface area contributed by atoms with Crippen molar-refractivity contribution in [3.8, 4) is 0 Å². The number of aliphatic hydroxyl groups excluding tert-OH is 1. The molecule has 0 aliphatic carbocycles. The van der Waals surface area contributed by atoms with Gasteiger partial charge in [0.15, 0.2) is 0 Å². The average molecular weight is 191 g/mol. The van der Waals surface area contributed by atoms with Crippen molar-refractivity contribution in [2.24, 2.45) is 0 Å². The van der Waals surface area contributed by atoms with Gasteiger partial charge in [0.1, 0.15) is 0 Å². The molecule has 0 rings (SSSR count). The van der Waals surface area contributed by atoms with E-state index in [1.165, 1.54) is 6.92 Å². The Hall–Kier alpha value is -0.570. The molecule has 0 heterocycles. The summed E-state index contributed by atoms with van der Waals surface area (Å²) in [6, 6.07) is -0.0671. The molecular weight excluding hydrogens is 166 g/mol. The summed E-state index contributed by atoms with van der Waals surface area (Å²) in [5.41, 5.74) is 0. The van der Waals surface area contributed by atoms with E-state index in [0.29, 0.717) is 0 Å². The Kier molecular flexibility index (Phi) is 24.6. The van der Waals surface area contributed by atoms with Gasteiger partial charge in [-0.2, -0.15) is 0 Å². The molecule has 0 aliphatic heterocycles. The van der Waals surface area contributed by atoms with E-state index in [1.807, 2.05) is 34.6 Å². The maximum Gasteiger partial charge on any atom is 0.217 e. The van der Waals surface area contributed by atoms with Crippen molar-refractivity contribution in [3.05, 3.63) is 0 Å². The first-order chi connectivity index (χ1) is 6.20. The fourth-order valence-corrected chi connectivity index (χ4v) is 0.564. The smallest absolute Gasteiger partial charge is 0.217 e. The molecule has 0 saturated carbocycles. The van der Waals surface area contributed by atoms with Crippen LogP contribution in [0.1, 0.15) is 48.0 Å². The summed E-state index contributed by atoms with van der Waals surface area (Å²) in [6.45, 7) is 11.4. The molecule has 1 amide bonds. The molecule has 1 atom stereocenters. The van der Waals surface area contributed by atoms with Gasteiger partial charge in [0.25, 0.3) is 0 Å². The van der Waals surface area contributed by atoms with Crippen LogP contribution in [0.4, 0.5) is 0 Å². The minimum Gasteiger partial charge on any atom is -0.394 e. The number of hydrogen-bond donors (Lipinski definition) is 2. The van der Waals surface area contributed by atoms with Crippen LogP contribution in [0.5, 0.6) is 0 Å². The van der Waals surface area contributed by atoms with Crippen LogP contribution in [0, 0.1) is 0 Å². The highest BCUT2D eigenvalue weighted by Crippen LogP contribution is 1.86. The van der Waals surface area contributed by atoms with Gasteiger partial charge in [0, 0.05) is 6.92 Å². The third kappa shape index (κ3) is 18.4. The average Bonchev–Trinajstić information content (AvgIpc) is 2.20. The Morgan fingerprint density at radius 1 is 1.31 bits per heavy atom. The van der Waals surface area contributed by atoms with E-state index in [0.717, 1.165) is 6.42 Å². The first-order valence-corrected chi connectivity index (χ1v) is 5.08. The molecule has 0 aromatic carbocycles. The van der Waals surface area contributed by atoms with Crippen LogP contribution in [-0.2, 0) is 4.79 Å². The highest BCUT2D eigenvalue weighted by atomic mass is 16.3. The quantitative estimate of drug-likeness (QED) is 0.716. The molecule has 1 unspecified atom stereocenters. The van der Waals surface area contributed by atoms with E-state index in [1.54, 1.807) is 0 Å². The zero-order chi connectivity index (χ0) is 11.3. The number of carbonyl (C=O) groups is 1. The van der Waals surface area contributed by atoms with Gasteiger partial charge in [0.05, 0.1) is 12.6 Å². The Labute approximate surface area is 82.5 Å². The van der Waals surface area contributed by atoms with Crippen molar-refractivity contribution in [3.63, 3.8) is 0 Å². The molecule has 2 N–H and O–H groups in total. The number of hydrogen-bond acceptors (Lipinski definition) is 2. The van der Waals surface area contributed by atoms with Gasteiger partial charge in [-0.05, 0) is 6.42 Å². The number of carbonyl (C=O) groups excluding carboxylic acids is 1. The molecule has 0 fully saturated rings. The van der Waals surface area contributed by atoms with Crippen molar-refractivity contribution in [2.75, 3.05) is 6.61 Å². The monoisotopic (exact) mass is 191 g/mol. The Bertz CT molecular complexity index is 90.9. The predicted octanol–water partition coefficient (Wildman–Crippen LogP) is 1.95. The molecule has 3 nitrogen and oxygen atoms in total. The third-order valence-electron chi connectivity index (χ3n) is 1.12.